The van der Waals surface area contributed by atoms with E-state index in [1.165, 1.54) is 12.2 Å². The number of alkyl halides is 1. The molecule has 0 saturated carbocycles. The molecule has 2 aliphatic heterocycles. The number of amides is 1. The van der Waals surface area contributed by atoms with Gasteiger partial charge < -0.3 is 14.5 Å². The first-order valence-corrected chi connectivity index (χ1v) is 16.0. The van der Waals surface area contributed by atoms with E-state index in [1.54, 1.807) is 15.6 Å². The lowest BCUT2D eigenvalue weighted by Crippen LogP contribution is -2.46. The molecule has 2 aromatic heterocycles. The van der Waals surface area contributed by atoms with Crippen molar-refractivity contribution < 1.29 is 18.3 Å². The number of carbonyl (C=O) groups is 1. The van der Waals surface area contributed by atoms with Crippen LogP contribution in [-0.4, -0.2) is 81.2 Å². The van der Waals surface area contributed by atoms with Crippen molar-refractivity contribution in [2.24, 2.45) is 0 Å². The molecule has 1 amide bonds. The number of aromatic nitrogens is 4. The molecule has 4 heterocycles. The standard InChI is InChI=1S/C34H36ClF2N7O2/c1-20-7-4-9-25(29(20)35)28-21(2)17-26-31(30(28)37)39-34(46-19-24-8-6-15-42(24)3)32-33(26)44(41-40-32)23-12-16-43(22(18-23)11-14-38)27(45)10-5-13-36/h4-5,7,9-10,17,22-24H,6,8,11-13,15-16,18-19H2,1-3H3/b10-5+/t22-,23+,24+/m1/s1. The summed E-state index contributed by atoms with van der Waals surface area (Å²) in [4.78, 5) is 21.4. The summed E-state index contributed by atoms with van der Waals surface area (Å²) in [5.41, 5.74) is 3.61. The zero-order chi connectivity index (χ0) is 32.5. The third kappa shape index (κ3) is 5.80. The minimum absolute atomic E-state index is 0.109. The van der Waals surface area contributed by atoms with E-state index < -0.39 is 18.5 Å². The van der Waals surface area contributed by atoms with Gasteiger partial charge in [-0.2, -0.15) is 5.26 Å². The van der Waals surface area contributed by atoms with E-state index in [9.17, 15) is 14.4 Å². The number of hydrogen-bond acceptors (Lipinski definition) is 7. The number of pyridine rings is 1. The highest BCUT2D eigenvalue weighted by Crippen LogP contribution is 2.41. The van der Waals surface area contributed by atoms with Gasteiger partial charge in [0.05, 0.1) is 23.6 Å². The minimum Gasteiger partial charge on any atom is -0.474 e. The van der Waals surface area contributed by atoms with Crippen LogP contribution in [0.4, 0.5) is 8.78 Å². The first kappa shape index (κ1) is 31.8. The van der Waals surface area contributed by atoms with Gasteiger partial charge in [-0.15, -0.1) is 5.10 Å². The summed E-state index contributed by atoms with van der Waals surface area (Å²) >= 11 is 6.68. The third-order valence-electron chi connectivity index (χ3n) is 9.34. The second-order valence-electron chi connectivity index (χ2n) is 12.2. The van der Waals surface area contributed by atoms with Crippen LogP contribution >= 0.6 is 11.6 Å². The SMILES string of the molecule is Cc1cccc(-c2c(C)cc3c(nc(OC[C@@H]4CCCN4C)c4nnn([C@H]5CCN(C(=O)/C=C/CF)[C@H](CC#N)C5)c43)c2F)c1Cl. The number of hydrogen-bond donors (Lipinski definition) is 0. The molecule has 4 aromatic rings. The first-order chi connectivity index (χ1) is 22.2. The van der Waals surface area contributed by atoms with E-state index in [-0.39, 0.29) is 35.8 Å². The lowest BCUT2D eigenvalue weighted by atomic mass is 9.94. The van der Waals surface area contributed by atoms with Crippen molar-refractivity contribution in [3.8, 4) is 23.1 Å². The molecule has 9 nitrogen and oxygen atoms in total. The Morgan fingerprint density at radius 1 is 1.20 bits per heavy atom. The Hall–Kier alpha value is -4.14. The van der Waals surface area contributed by atoms with Crippen molar-refractivity contribution in [3.63, 3.8) is 0 Å². The fourth-order valence-corrected chi connectivity index (χ4v) is 7.09. The summed E-state index contributed by atoms with van der Waals surface area (Å²) in [5.74, 6) is -0.639. The summed E-state index contributed by atoms with van der Waals surface area (Å²) in [7, 11) is 2.06. The predicted molar refractivity (Wildman–Crippen MR) is 173 cm³/mol. The van der Waals surface area contributed by atoms with E-state index in [2.05, 4.69) is 28.3 Å². The van der Waals surface area contributed by atoms with Crippen molar-refractivity contribution in [1.29, 1.82) is 5.26 Å². The maximum Gasteiger partial charge on any atom is 0.246 e. The largest absolute Gasteiger partial charge is 0.474 e. The second kappa shape index (κ2) is 13.3. The van der Waals surface area contributed by atoms with E-state index >= 15 is 4.39 Å². The molecule has 0 spiro atoms. The van der Waals surface area contributed by atoms with Gasteiger partial charge in [0.15, 0.2) is 11.3 Å². The Bertz CT molecular complexity index is 1870. The number of fused-ring (bicyclic) bond motifs is 3. The molecule has 6 rings (SSSR count). The van der Waals surface area contributed by atoms with Crippen LogP contribution in [0.3, 0.4) is 0 Å². The fourth-order valence-electron chi connectivity index (χ4n) is 6.87. The molecule has 0 aliphatic carbocycles. The Morgan fingerprint density at radius 3 is 2.76 bits per heavy atom. The summed E-state index contributed by atoms with van der Waals surface area (Å²) in [5, 5.41) is 19.6. The molecule has 0 unspecified atom stereocenters. The molecule has 0 bridgehead atoms. The topological polar surface area (TPSA) is 100 Å². The molecule has 2 aliphatic rings. The van der Waals surface area contributed by atoms with Gasteiger partial charge in [0, 0.05) is 41.2 Å². The Labute approximate surface area is 271 Å². The van der Waals surface area contributed by atoms with E-state index in [0.717, 1.165) is 24.9 Å². The Kier molecular flexibility index (Phi) is 9.20. The van der Waals surface area contributed by atoms with Crippen LogP contribution in [0.25, 0.3) is 33.1 Å². The molecule has 2 aromatic carbocycles. The van der Waals surface area contributed by atoms with Gasteiger partial charge in [-0.25, -0.2) is 18.4 Å². The average Bonchev–Trinajstić information content (AvgIpc) is 3.68. The van der Waals surface area contributed by atoms with E-state index in [1.807, 2.05) is 32.0 Å². The molecule has 12 heteroatoms. The van der Waals surface area contributed by atoms with Crippen LogP contribution in [-0.2, 0) is 4.79 Å². The van der Waals surface area contributed by atoms with Crippen LogP contribution in [0.15, 0.2) is 36.4 Å². The zero-order valence-corrected chi connectivity index (χ0v) is 26.9. The highest BCUT2D eigenvalue weighted by molar-refractivity contribution is 6.34. The predicted octanol–water partition coefficient (Wildman–Crippen LogP) is 6.50. The number of likely N-dealkylation sites (N-methyl/N-ethyl adjacent to an activating group) is 1. The lowest BCUT2D eigenvalue weighted by Gasteiger charge is -2.38. The highest BCUT2D eigenvalue weighted by Gasteiger charge is 2.34. The number of aryl methyl sites for hydroxylation is 2. The van der Waals surface area contributed by atoms with Crippen LogP contribution in [0.2, 0.25) is 5.02 Å². The van der Waals surface area contributed by atoms with Crippen LogP contribution in [0, 0.1) is 31.0 Å². The molecule has 2 saturated heterocycles. The molecule has 0 N–H and O–H groups in total. The molecule has 240 valence electrons. The number of rotatable bonds is 8. The maximum absolute atomic E-state index is 16.8. The van der Waals surface area contributed by atoms with Crippen LogP contribution in [0.5, 0.6) is 5.88 Å². The van der Waals surface area contributed by atoms with E-state index in [0.29, 0.717) is 64.1 Å². The third-order valence-corrected chi connectivity index (χ3v) is 9.84. The minimum atomic E-state index is -0.744. The van der Waals surface area contributed by atoms with Crippen LogP contribution in [0.1, 0.15) is 49.3 Å². The maximum atomic E-state index is 16.8. The monoisotopic (exact) mass is 647 g/mol. The molecule has 2 fully saturated rings. The van der Waals surface area contributed by atoms with E-state index in [4.69, 9.17) is 21.3 Å². The molecular formula is C34H36ClF2N7O2. The Morgan fingerprint density at radius 2 is 2.02 bits per heavy atom. The van der Waals surface area contributed by atoms with Gasteiger partial charge in [0.1, 0.15) is 24.3 Å². The number of nitrogens with zero attached hydrogens (tertiary/aromatic N) is 7. The second-order valence-corrected chi connectivity index (χ2v) is 12.6. The number of piperidine rings is 1. The summed E-state index contributed by atoms with van der Waals surface area (Å²) in [6.45, 7) is 4.68. The fraction of sp³-hybridized carbons (Fsp3) is 0.441. The first-order valence-electron chi connectivity index (χ1n) is 15.6. The summed E-state index contributed by atoms with van der Waals surface area (Å²) in [6, 6.07) is 9.16. The number of benzene rings is 2. The van der Waals surface area contributed by atoms with Crippen LogP contribution < -0.4 is 4.74 Å². The molecule has 3 atom stereocenters. The van der Waals surface area contributed by atoms with Crippen molar-refractivity contribution in [1.82, 2.24) is 29.8 Å². The lowest BCUT2D eigenvalue weighted by molar-refractivity contribution is -0.130. The summed E-state index contributed by atoms with van der Waals surface area (Å²) in [6.07, 6.45) is 5.49. The van der Waals surface area contributed by atoms with Gasteiger partial charge in [-0.05, 0) is 76.4 Å². The average molecular weight is 648 g/mol. The molecule has 46 heavy (non-hydrogen) atoms. The normalized spacial score (nSPS) is 20.6. The molecule has 0 radical (unpaired) electrons. The van der Waals surface area contributed by atoms with Gasteiger partial charge in [-0.1, -0.05) is 35.0 Å². The number of halogens is 3. The van der Waals surface area contributed by atoms with Crippen molar-refractivity contribution >= 4 is 39.4 Å². The smallest absolute Gasteiger partial charge is 0.246 e. The van der Waals surface area contributed by atoms with Gasteiger partial charge in [0.25, 0.3) is 0 Å². The number of ether oxygens (including phenoxy) is 1. The van der Waals surface area contributed by atoms with Crippen molar-refractivity contribution in [3.05, 3.63) is 58.4 Å². The van der Waals surface area contributed by atoms with Gasteiger partial charge >= 0.3 is 0 Å². The molecular weight excluding hydrogens is 612 g/mol. The van der Waals surface area contributed by atoms with Gasteiger partial charge in [-0.3, -0.25) is 4.79 Å². The summed E-state index contributed by atoms with van der Waals surface area (Å²) < 4.78 is 37.6. The number of allylic oxidation sites excluding steroid dienone is 1. The van der Waals surface area contributed by atoms with Gasteiger partial charge in [0.2, 0.25) is 11.8 Å². The number of carbonyl (C=O) groups excluding carboxylic acids is 1. The zero-order valence-electron chi connectivity index (χ0n) is 26.1. The number of nitriles is 1. The van der Waals surface area contributed by atoms with Crippen molar-refractivity contribution in [2.45, 2.75) is 64.1 Å². The number of likely N-dealkylation sites (tertiary alicyclic amines) is 2. The van der Waals surface area contributed by atoms with Crippen molar-refractivity contribution in [2.75, 3.05) is 33.4 Å². The highest BCUT2D eigenvalue weighted by atomic mass is 35.5. The Balaban J connectivity index is 1.49. The quantitative estimate of drug-likeness (QED) is 0.201.